The minimum Gasteiger partial charge on any atom is -0.478 e. The van der Waals surface area contributed by atoms with E-state index in [1.54, 1.807) is 23.6 Å². The molecule has 0 aromatic heterocycles. The maximum Gasteiger partial charge on any atom is 0.330 e. The summed E-state index contributed by atoms with van der Waals surface area (Å²) in [5.41, 5.74) is 6.00. The predicted octanol–water partition coefficient (Wildman–Crippen LogP) is 7.32. The van der Waals surface area contributed by atoms with Crippen LogP contribution in [0.1, 0.15) is 99.8 Å². The number of aliphatic hydroxyl groups excluding tert-OH is 1. The summed E-state index contributed by atoms with van der Waals surface area (Å²) in [4.78, 5) is 11.1. The van der Waals surface area contributed by atoms with Gasteiger partial charge in [-0.25, -0.2) is 4.79 Å². The molecule has 0 heterocycles. The van der Waals surface area contributed by atoms with Gasteiger partial charge in [0.25, 0.3) is 0 Å². The van der Waals surface area contributed by atoms with Crippen LogP contribution in [0.15, 0.2) is 34.4 Å². The van der Waals surface area contributed by atoms with E-state index in [9.17, 15) is 9.90 Å². The third-order valence-corrected chi connectivity index (χ3v) is 10.8. The molecule has 2 saturated carbocycles. The van der Waals surface area contributed by atoms with E-state index in [-0.39, 0.29) is 22.3 Å². The average molecular weight is 455 g/mol. The number of carboxylic acid groups (broad SMARTS) is 1. The molecule has 4 aliphatic rings. The van der Waals surface area contributed by atoms with E-state index in [0.29, 0.717) is 29.2 Å². The SMILES string of the molecule is C/C(=C/CC[C@@H](C)C1=C2[C@H](C)C[C@H]3C(=CC[C@H]4C(C)(C)[C@H](O)CC[C@]34C)[C@@]2(C)CC1)C(=O)O. The number of fused-ring (bicyclic) bond motifs is 5. The highest BCUT2D eigenvalue weighted by Gasteiger charge is 2.60. The lowest BCUT2D eigenvalue weighted by molar-refractivity contribution is -0.132. The normalized spacial score (nSPS) is 41.1. The van der Waals surface area contributed by atoms with E-state index in [0.717, 1.165) is 32.1 Å². The molecule has 2 fully saturated rings. The van der Waals surface area contributed by atoms with E-state index < -0.39 is 5.97 Å². The summed E-state index contributed by atoms with van der Waals surface area (Å²) in [5.74, 6) is 1.48. The van der Waals surface area contributed by atoms with Crippen molar-refractivity contribution in [1.82, 2.24) is 0 Å². The summed E-state index contributed by atoms with van der Waals surface area (Å²) in [7, 11) is 0. The van der Waals surface area contributed by atoms with Crippen molar-refractivity contribution in [1.29, 1.82) is 0 Å². The lowest BCUT2D eigenvalue weighted by Crippen LogP contribution is -2.56. The Hall–Kier alpha value is -1.35. The predicted molar refractivity (Wildman–Crippen MR) is 135 cm³/mol. The molecule has 0 unspecified atom stereocenters. The first kappa shape index (κ1) is 24.8. The molecule has 7 atom stereocenters. The molecular weight excluding hydrogens is 408 g/mol. The Morgan fingerprint density at radius 1 is 1.24 bits per heavy atom. The molecular formula is C30H46O3. The quantitative estimate of drug-likeness (QED) is 0.338. The topological polar surface area (TPSA) is 57.5 Å². The van der Waals surface area contributed by atoms with Crippen LogP contribution in [0.3, 0.4) is 0 Å². The van der Waals surface area contributed by atoms with Gasteiger partial charge in [-0.1, -0.05) is 70.4 Å². The molecule has 184 valence electrons. The number of carbonyl (C=O) groups is 1. The fourth-order valence-electron chi connectivity index (χ4n) is 8.78. The highest BCUT2D eigenvalue weighted by molar-refractivity contribution is 5.85. The van der Waals surface area contributed by atoms with E-state index in [2.05, 4.69) is 47.6 Å². The largest absolute Gasteiger partial charge is 0.478 e. The van der Waals surface area contributed by atoms with E-state index >= 15 is 0 Å². The monoisotopic (exact) mass is 454 g/mol. The van der Waals surface area contributed by atoms with Crippen molar-refractivity contribution < 1.29 is 15.0 Å². The van der Waals surface area contributed by atoms with Crippen LogP contribution in [0.5, 0.6) is 0 Å². The van der Waals surface area contributed by atoms with Crippen molar-refractivity contribution in [3.05, 3.63) is 34.4 Å². The molecule has 0 saturated heterocycles. The lowest BCUT2D eigenvalue weighted by Gasteiger charge is -2.62. The van der Waals surface area contributed by atoms with Crippen molar-refractivity contribution in [3.63, 3.8) is 0 Å². The number of hydrogen-bond donors (Lipinski definition) is 2. The maximum atomic E-state index is 11.1. The van der Waals surface area contributed by atoms with E-state index in [1.807, 2.05) is 6.08 Å². The van der Waals surface area contributed by atoms with Crippen molar-refractivity contribution in [3.8, 4) is 0 Å². The number of rotatable bonds is 5. The molecule has 2 N–H and O–H groups in total. The summed E-state index contributed by atoms with van der Waals surface area (Å²) < 4.78 is 0. The lowest BCUT2D eigenvalue weighted by atomic mass is 9.43. The minimum atomic E-state index is -0.806. The summed E-state index contributed by atoms with van der Waals surface area (Å²) in [5, 5.41) is 19.9. The smallest absolute Gasteiger partial charge is 0.330 e. The van der Waals surface area contributed by atoms with Crippen LogP contribution in [-0.2, 0) is 4.79 Å². The average Bonchev–Trinajstić information content (AvgIpc) is 3.11. The molecule has 3 nitrogen and oxygen atoms in total. The molecule has 33 heavy (non-hydrogen) atoms. The highest BCUT2D eigenvalue weighted by Crippen LogP contribution is 2.69. The van der Waals surface area contributed by atoms with Gasteiger partial charge in [0.1, 0.15) is 0 Å². The van der Waals surface area contributed by atoms with Crippen LogP contribution in [0, 0.1) is 39.9 Å². The molecule has 0 aliphatic heterocycles. The van der Waals surface area contributed by atoms with Crippen LogP contribution in [0.25, 0.3) is 0 Å². The fraction of sp³-hybridized carbons (Fsp3) is 0.767. The Morgan fingerprint density at radius 3 is 2.61 bits per heavy atom. The Bertz CT molecular complexity index is 906. The number of allylic oxidation sites excluding steroid dienone is 5. The second-order valence-corrected chi connectivity index (χ2v) is 13.0. The van der Waals surface area contributed by atoms with E-state index in [1.165, 1.54) is 19.3 Å². The first-order valence-electron chi connectivity index (χ1n) is 13.4. The van der Waals surface area contributed by atoms with Gasteiger partial charge in [-0.3, -0.25) is 0 Å². The Balaban J connectivity index is 1.64. The van der Waals surface area contributed by atoms with Crippen LogP contribution in [0.2, 0.25) is 0 Å². The van der Waals surface area contributed by atoms with Crippen molar-refractivity contribution in [2.75, 3.05) is 0 Å². The van der Waals surface area contributed by atoms with Gasteiger partial charge < -0.3 is 10.2 Å². The summed E-state index contributed by atoms with van der Waals surface area (Å²) in [6.07, 6.45) is 13.0. The first-order chi connectivity index (χ1) is 15.3. The number of aliphatic hydroxyl groups is 1. The van der Waals surface area contributed by atoms with Gasteiger partial charge in [0.05, 0.1) is 6.10 Å². The van der Waals surface area contributed by atoms with Gasteiger partial charge in [0.2, 0.25) is 0 Å². The Morgan fingerprint density at radius 2 is 1.94 bits per heavy atom. The third-order valence-electron chi connectivity index (χ3n) is 10.8. The van der Waals surface area contributed by atoms with Crippen molar-refractivity contribution >= 4 is 5.97 Å². The van der Waals surface area contributed by atoms with Crippen molar-refractivity contribution in [2.45, 2.75) is 106 Å². The van der Waals surface area contributed by atoms with Gasteiger partial charge in [0.15, 0.2) is 0 Å². The van der Waals surface area contributed by atoms with Crippen LogP contribution < -0.4 is 0 Å². The minimum absolute atomic E-state index is 0.0216. The third kappa shape index (κ3) is 3.77. The zero-order valence-corrected chi connectivity index (χ0v) is 22.0. The fourth-order valence-corrected chi connectivity index (χ4v) is 8.78. The summed E-state index contributed by atoms with van der Waals surface area (Å²) in [6.45, 7) is 16.2. The number of aliphatic carboxylic acids is 1. The second-order valence-electron chi connectivity index (χ2n) is 13.0. The molecule has 0 radical (unpaired) electrons. The van der Waals surface area contributed by atoms with E-state index in [4.69, 9.17) is 5.11 Å². The Labute approximate surface area is 201 Å². The zero-order chi connectivity index (χ0) is 24.3. The standard InChI is InChI=1S/C30H46O3/c1-18(9-8-10-19(2)27(32)33)21-13-15-30(7)22-11-12-24-28(4,5)25(31)14-16-29(24,6)23(22)17-20(3)26(21)30/h10-11,18,20,23-25,31H,8-9,12-17H2,1-7H3,(H,32,33)/b19-10-/t18-,20-,23+,24+,25-,29-,30-/m1/s1. The molecule has 0 aromatic rings. The van der Waals surface area contributed by atoms with Gasteiger partial charge in [-0.05, 0) is 92.8 Å². The molecule has 0 bridgehead atoms. The van der Waals surface area contributed by atoms with Gasteiger partial charge in [0, 0.05) is 11.0 Å². The van der Waals surface area contributed by atoms with Crippen LogP contribution >= 0.6 is 0 Å². The molecule has 0 spiro atoms. The first-order valence-corrected chi connectivity index (χ1v) is 13.4. The van der Waals surface area contributed by atoms with Crippen LogP contribution in [0.4, 0.5) is 0 Å². The zero-order valence-electron chi connectivity index (χ0n) is 22.0. The van der Waals surface area contributed by atoms with Crippen molar-refractivity contribution in [2.24, 2.45) is 39.9 Å². The molecule has 4 rings (SSSR count). The highest BCUT2D eigenvalue weighted by atomic mass is 16.4. The second kappa shape index (κ2) is 8.40. The summed E-state index contributed by atoms with van der Waals surface area (Å²) in [6, 6.07) is 0. The van der Waals surface area contributed by atoms with Crippen LogP contribution in [-0.4, -0.2) is 22.3 Å². The molecule has 3 heteroatoms. The van der Waals surface area contributed by atoms with Gasteiger partial charge >= 0.3 is 5.97 Å². The Kier molecular flexibility index (Phi) is 6.30. The maximum absolute atomic E-state index is 11.1. The molecule has 4 aliphatic carbocycles. The number of hydrogen-bond acceptors (Lipinski definition) is 2. The molecule has 0 amide bonds. The summed E-state index contributed by atoms with van der Waals surface area (Å²) >= 11 is 0. The van der Waals surface area contributed by atoms with Gasteiger partial charge in [-0.15, -0.1) is 0 Å². The molecule has 0 aromatic carbocycles. The number of carboxylic acids is 1. The van der Waals surface area contributed by atoms with Gasteiger partial charge in [-0.2, -0.15) is 0 Å².